The fraction of sp³-hybridized carbons (Fsp3) is 0.667. The average Bonchev–Trinajstić information content (AvgIpc) is 2.67. The molecular weight excluding hydrogens is 236 g/mol. The highest BCUT2D eigenvalue weighted by molar-refractivity contribution is 7.13. The Balaban J connectivity index is 2.86. The quantitative estimate of drug-likeness (QED) is 0.845. The van der Waals surface area contributed by atoms with E-state index in [1.54, 1.807) is 4.90 Å². The summed E-state index contributed by atoms with van der Waals surface area (Å²) in [6.45, 7) is 6.88. The Morgan fingerprint density at radius 2 is 2.18 bits per heavy atom. The summed E-state index contributed by atoms with van der Waals surface area (Å²) in [5.41, 5.74) is 0.805. The van der Waals surface area contributed by atoms with E-state index in [0.717, 1.165) is 23.5 Å². The standard InChI is InChI=1S/C12H20N2O2S/c1-4-6-10-13-9(3)11(17-10)12(16)14(5-2)7-8-15/h15H,4-8H2,1-3H3. The van der Waals surface area contributed by atoms with Crippen LogP contribution >= 0.6 is 11.3 Å². The minimum atomic E-state index is -0.0149. The Morgan fingerprint density at radius 3 is 2.71 bits per heavy atom. The van der Waals surface area contributed by atoms with Crippen molar-refractivity contribution in [3.63, 3.8) is 0 Å². The maximum absolute atomic E-state index is 12.2. The van der Waals surface area contributed by atoms with Gasteiger partial charge >= 0.3 is 0 Å². The number of carbonyl (C=O) groups excluding carboxylic acids is 1. The zero-order chi connectivity index (χ0) is 12.8. The van der Waals surface area contributed by atoms with Gasteiger partial charge in [0.15, 0.2) is 0 Å². The van der Waals surface area contributed by atoms with Crippen molar-refractivity contribution in [2.75, 3.05) is 19.7 Å². The maximum Gasteiger partial charge on any atom is 0.265 e. The Morgan fingerprint density at radius 1 is 1.47 bits per heavy atom. The SMILES string of the molecule is CCCc1nc(C)c(C(=O)N(CC)CCO)s1. The first-order chi connectivity index (χ1) is 8.13. The number of aliphatic hydroxyl groups excluding tert-OH is 1. The van der Waals surface area contributed by atoms with Crippen LogP contribution in [0.3, 0.4) is 0 Å². The molecular formula is C12H20N2O2S. The summed E-state index contributed by atoms with van der Waals surface area (Å²) in [6, 6.07) is 0. The van der Waals surface area contributed by atoms with Crippen molar-refractivity contribution in [2.24, 2.45) is 0 Å². The van der Waals surface area contributed by atoms with E-state index >= 15 is 0 Å². The highest BCUT2D eigenvalue weighted by Crippen LogP contribution is 2.21. The van der Waals surface area contributed by atoms with E-state index in [2.05, 4.69) is 11.9 Å². The Labute approximate surface area is 106 Å². The predicted molar refractivity (Wildman–Crippen MR) is 69.5 cm³/mol. The molecule has 1 aromatic rings. The lowest BCUT2D eigenvalue weighted by atomic mass is 10.3. The van der Waals surface area contributed by atoms with Crippen LogP contribution in [-0.2, 0) is 6.42 Å². The van der Waals surface area contributed by atoms with E-state index in [0.29, 0.717) is 18.0 Å². The smallest absolute Gasteiger partial charge is 0.265 e. The van der Waals surface area contributed by atoms with Gasteiger partial charge in [0.05, 0.1) is 17.3 Å². The second-order valence-electron chi connectivity index (χ2n) is 3.88. The third-order valence-electron chi connectivity index (χ3n) is 2.54. The molecule has 0 radical (unpaired) electrons. The van der Waals surface area contributed by atoms with Crippen molar-refractivity contribution in [3.8, 4) is 0 Å². The summed E-state index contributed by atoms with van der Waals surface area (Å²) >= 11 is 1.48. The van der Waals surface area contributed by atoms with E-state index < -0.39 is 0 Å². The van der Waals surface area contributed by atoms with Crippen molar-refractivity contribution in [3.05, 3.63) is 15.6 Å². The van der Waals surface area contributed by atoms with Gasteiger partial charge in [-0.15, -0.1) is 11.3 Å². The maximum atomic E-state index is 12.2. The summed E-state index contributed by atoms with van der Waals surface area (Å²) in [6.07, 6.45) is 1.96. The molecule has 0 atom stereocenters. The average molecular weight is 256 g/mol. The molecule has 96 valence electrons. The van der Waals surface area contributed by atoms with E-state index in [9.17, 15) is 4.79 Å². The van der Waals surface area contributed by atoms with Crippen molar-refractivity contribution in [1.29, 1.82) is 0 Å². The van der Waals surface area contributed by atoms with E-state index in [1.165, 1.54) is 11.3 Å². The van der Waals surface area contributed by atoms with Crippen molar-refractivity contribution < 1.29 is 9.90 Å². The summed E-state index contributed by atoms with van der Waals surface area (Å²) < 4.78 is 0. The summed E-state index contributed by atoms with van der Waals surface area (Å²) in [5, 5.41) is 9.94. The first-order valence-corrected chi connectivity index (χ1v) is 6.82. The van der Waals surface area contributed by atoms with Gasteiger partial charge in [0.2, 0.25) is 0 Å². The van der Waals surface area contributed by atoms with Gasteiger partial charge in [0.1, 0.15) is 4.88 Å². The molecule has 4 nitrogen and oxygen atoms in total. The first-order valence-electron chi connectivity index (χ1n) is 6.00. The first kappa shape index (κ1) is 14.1. The van der Waals surface area contributed by atoms with E-state index in [-0.39, 0.29) is 12.5 Å². The zero-order valence-electron chi connectivity index (χ0n) is 10.7. The van der Waals surface area contributed by atoms with Crippen LogP contribution in [0.1, 0.15) is 40.6 Å². The van der Waals surface area contributed by atoms with Crippen LogP contribution in [0.2, 0.25) is 0 Å². The third-order valence-corrected chi connectivity index (χ3v) is 3.74. The van der Waals surface area contributed by atoms with Gasteiger partial charge in [-0.2, -0.15) is 0 Å². The number of aromatic nitrogens is 1. The van der Waals surface area contributed by atoms with E-state index in [1.807, 2.05) is 13.8 Å². The van der Waals surface area contributed by atoms with Crippen LogP contribution in [-0.4, -0.2) is 40.6 Å². The molecule has 5 heteroatoms. The molecule has 1 aromatic heterocycles. The predicted octanol–water partition coefficient (Wildman–Crippen LogP) is 1.86. The molecule has 0 saturated heterocycles. The van der Waals surface area contributed by atoms with Gasteiger partial charge in [-0.3, -0.25) is 4.79 Å². The number of likely N-dealkylation sites (N-methyl/N-ethyl adjacent to an activating group) is 1. The number of rotatable bonds is 6. The molecule has 0 bridgehead atoms. The molecule has 0 aromatic carbocycles. The fourth-order valence-electron chi connectivity index (χ4n) is 1.64. The largest absolute Gasteiger partial charge is 0.395 e. The zero-order valence-corrected chi connectivity index (χ0v) is 11.5. The minimum absolute atomic E-state index is 0.000745. The molecule has 0 aliphatic heterocycles. The number of carbonyl (C=O) groups is 1. The molecule has 0 aliphatic rings. The number of thiazole rings is 1. The van der Waals surface area contributed by atoms with Gasteiger partial charge < -0.3 is 10.0 Å². The normalized spacial score (nSPS) is 10.6. The molecule has 0 aliphatic carbocycles. The van der Waals surface area contributed by atoms with Crippen molar-refractivity contribution in [1.82, 2.24) is 9.88 Å². The second-order valence-corrected chi connectivity index (χ2v) is 4.96. The minimum Gasteiger partial charge on any atom is -0.395 e. The molecule has 0 saturated carbocycles. The van der Waals surface area contributed by atoms with Crippen LogP contribution in [0.5, 0.6) is 0 Å². The van der Waals surface area contributed by atoms with Gasteiger partial charge in [-0.1, -0.05) is 6.92 Å². The molecule has 17 heavy (non-hydrogen) atoms. The lowest BCUT2D eigenvalue weighted by Crippen LogP contribution is -2.33. The second kappa shape index (κ2) is 6.71. The van der Waals surface area contributed by atoms with Crippen LogP contribution in [0.25, 0.3) is 0 Å². The summed E-state index contributed by atoms with van der Waals surface area (Å²) in [5.74, 6) is -0.0149. The highest BCUT2D eigenvalue weighted by atomic mass is 32.1. The third kappa shape index (κ3) is 3.51. The van der Waals surface area contributed by atoms with Crippen LogP contribution in [0.15, 0.2) is 0 Å². The van der Waals surface area contributed by atoms with Crippen LogP contribution in [0, 0.1) is 6.92 Å². The lowest BCUT2D eigenvalue weighted by Gasteiger charge is -2.18. The van der Waals surface area contributed by atoms with Crippen LogP contribution in [0.4, 0.5) is 0 Å². The van der Waals surface area contributed by atoms with Gasteiger partial charge in [-0.25, -0.2) is 4.98 Å². The fourth-order valence-corrected chi connectivity index (χ4v) is 2.77. The number of amides is 1. The summed E-state index contributed by atoms with van der Waals surface area (Å²) in [7, 11) is 0. The Bertz CT molecular complexity index is 377. The van der Waals surface area contributed by atoms with Crippen molar-refractivity contribution in [2.45, 2.75) is 33.6 Å². The monoisotopic (exact) mass is 256 g/mol. The topological polar surface area (TPSA) is 53.4 Å². The number of hydrogen-bond acceptors (Lipinski definition) is 4. The molecule has 0 fully saturated rings. The molecule has 0 unspecified atom stereocenters. The molecule has 0 spiro atoms. The Hall–Kier alpha value is -0.940. The summed E-state index contributed by atoms with van der Waals surface area (Å²) in [4.78, 5) is 19.0. The van der Waals surface area contributed by atoms with Gasteiger partial charge in [-0.05, 0) is 26.7 Å². The van der Waals surface area contributed by atoms with Gasteiger partial charge in [0, 0.05) is 13.1 Å². The van der Waals surface area contributed by atoms with Crippen LogP contribution < -0.4 is 0 Å². The van der Waals surface area contributed by atoms with Gasteiger partial charge in [0.25, 0.3) is 5.91 Å². The Kier molecular flexibility index (Phi) is 5.58. The number of aliphatic hydroxyl groups is 1. The van der Waals surface area contributed by atoms with Crippen molar-refractivity contribution >= 4 is 17.2 Å². The molecule has 1 amide bonds. The van der Waals surface area contributed by atoms with E-state index in [4.69, 9.17) is 5.11 Å². The number of hydrogen-bond donors (Lipinski definition) is 1. The molecule has 1 rings (SSSR count). The number of nitrogens with zero attached hydrogens (tertiary/aromatic N) is 2. The molecule has 1 N–H and O–H groups in total. The lowest BCUT2D eigenvalue weighted by molar-refractivity contribution is 0.0736. The highest BCUT2D eigenvalue weighted by Gasteiger charge is 2.19. The molecule has 1 heterocycles. The number of aryl methyl sites for hydroxylation is 2.